The second-order valence-corrected chi connectivity index (χ2v) is 10.8. The van der Waals surface area contributed by atoms with Crippen LogP contribution in [0.1, 0.15) is 27.8 Å². The Kier molecular flexibility index (Phi) is 8.20. The second-order valence-electron chi connectivity index (χ2n) is 10.5. The van der Waals surface area contributed by atoms with Crippen LogP contribution in [0.5, 0.6) is 17.2 Å². The molecule has 0 atom stereocenters. The van der Waals surface area contributed by atoms with Crippen LogP contribution in [0.4, 0.5) is 24.7 Å². The van der Waals surface area contributed by atoms with Gasteiger partial charge >= 0.3 is 6.18 Å². The van der Waals surface area contributed by atoms with E-state index in [9.17, 15) is 13.2 Å². The fourth-order valence-electron chi connectivity index (χ4n) is 5.41. The van der Waals surface area contributed by atoms with Crippen molar-refractivity contribution in [1.29, 1.82) is 0 Å². The Morgan fingerprint density at radius 1 is 0.956 bits per heavy atom. The molecule has 0 fully saturated rings. The lowest BCUT2D eigenvalue weighted by atomic mass is 9.97. The van der Waals surface area contributed by atoms with Gasteiger partial charge in [0.2, 0.25) is 0 Å². The van der Waals surface area contributed by atoms with Crippen LogP contribution in [0.2, 0.25) is 5.02 Å². The third-order valence-corrected chi connectivity index (χ3v) is 7.96. The lowest BCUT2D eigenvalue weighted by Gasteiger charge is -2.28. The zero-order valence-electron chi connectivity index (χ0n) is 24.6. The monoisotopic (exact) mass is 635 g/mol. The van der Waals surface area contributed by atoms with Crippen LogP contribution in [0.15, 0.2) is 78.1 Å². The molecule has 8 nitrogen and oxygen atoms in total. The second kappa shape index (κ2) is 12.2. The van der Waals surface area contributed by atoms with E-state index in [1.165, 1.54) is 25.3 Å². The summed E-state index contributed by atoms with van der Waals surface area (Å²) >= 11 is 6.89. The van der Waals surface area contributed by atoms with Gasteiger partial charge in [0.25, 0.3) is 0 Å². The smallest absolute Gasteiger partial charge is 0.418 e. The van der Waals surface area contributed by atoms with Crippen molar-refractivity contribution in [2.45, 2.75) is 26.2 Å². The van der Waals surface area contributed by atoms with Gasteiger partial charge in [0, 0.05) is 24.9 Å². The molecule has 0 saturated heterocycles. The highest BCUT2D eigenvalue weighted by molar-refractivity contribution is 6.37. The Hall–Kier alpha value is -4.90. The van der Waals surface area contributed by atoms with E-state index in [4.69, 9.17) is 30.8 Å². The van der Waals surface area contributed by atoms with Crippen LogP contribution >= 0.6 is 11.6 Å². The topological polar surface area (TPSA) is 80.2 Å². The standard InChI is InChI=1S/C33H29ClF3N5O3/c1-19-14-26(42(16-20-4-8-22(43-2)9-5-20)17-21-6-10-23(44-3)11-7-21)41-30(28(19)33(35,36)37)24-15-25-27-31(29(24)34)39-18-40-32(27)38-12-13-45-25/h4-15,39H,16-18H2,1-3H3,(H,38,40). The van der Waals surface area contributed by atoms with Crippen molar-refractivity contribution in [2.24, 2.45) is 4.99 Å². The lowest BCUT2D eigenvalue weighted by Crippen LogP contribution is -2.26. The van der Waals surface area contributed by atoms with Crippen LogP contribution in [0, 0.1) is 6.92 Å². The van der Waals surface area contributed by atoms with Gasteiger partial charge in [0.05, 0.1) is 41.8 Å². The number of ether oxygens (including phenoxy) is 3. The summed E-state index contributed by atoms with van der Waals surface area (Å²) in [5, 5.41) is 6.20. The van der Waals surface area contributed by atoms with E-state index in [0.29, 0.717) is 53.2 Å². The van der Waals surface area contributed by atoms with Gasteiger partial charge < -0.3 is 29.7 Å². The van der Waals surface area contributed by atoms with Crippen molar-refractivity contribution in [1.82, 2.24) is 10.3 Å². The average Bonchev–Trinajstić information content (AvgIpc) is 3.25. The van der Waals surface area contributed by atoms with E-state index in [-0.39, 0.29) is 28.5 Å². The summed E-state index contributed by atoms with van der Waals surface area (Å²) in [5.74, 6) is 2.53. The van der Waals surface area contributed by atoms with Crippen LogP contribution in [0.3, 0.4) is 0 Å². The number of alkyl halides is 3. The third-order valence-electron chi connectivity index (χ3n) is 7.57. The van der Waals surface area contributed by atoms with Crippen molar-refractivity contribution in [3.8, 4) is 28.5 Å². The molecule has 0 bridgehead atoms. The quantitative estimate of drug-likeness (QED) is 0.207. The van der Waals surface area contributed by atoms with E-state index < -0.39 is 11.7 Å². The van der Waals surface area contributed by atoms with Crippen molar-refractivity contribution in [3.05, 3.63) is 106 Å². The van der Waals surface area contributed by atoms with Gasteiger partial charge in [0.15, 0.2) is 0 Å². The van der Waals surface area contributed by atoms with Gasteiger partial charge in [-0.3, -0.25) is 0 Å². The molecule has 2 aliphatic heterocycles. The molecule has 2 N–H and O–H groups in total. The fraction of sp³-hybridized carbons (Fsp3) is 0.212. The molecule has 0 spiro atoms. The molecular formula is C33H29ClF3N5O3. The summed E-state index contributed by atoms with van der Waals surface area (Å²) in [4.78, 5) is 11.0. The molecule has 1 aromatic heterocycles. The van der Waals surface area contributed by atoms with Crippen LogP contribution in [0.25, 0.3) is 11.3 Å². The number of aliphatic imine (C=N–C) groups is 1. The number of nitrogens with one attached hydrogen (secondary N) is 2. The highest BCUT2D eigenvalue weighted by Crippen LogP contribution is 2.47. The molecule has 0 aliphatic carbocycles. The summed E-state index contributed by atoms with van der Waals surface area (Å²) in [6.07, 6.45) is -1.75. The van der Waals surface area contributed by atoms with Gasteiger partial charge in [-0.25, -0.2) is 9.98 Å². The number of aryl methyl sites for hydroxylation is 1. The molecule has 45 heavy (non-hydrogen) atoms. The molecule has 0 amide bonds. The summed E-state index contributed by atoms with van der Waals surface area (Å²) in [5.41, 5.74) is 1.70. The maximum absolute atomic E-state index is 14.7. The SMILES string of the molecule is COc1ccc(CN(Cc2ccc(OC)cc2)c2cc(C)c(C(F)(F)F)c(-c3cc4c5c(c3Cl)NCN=C5NC=CO4)n2)cc1. The van der Waals surface area contributed by atoms with Gasteiger partial charge in [-0.05, 0) is 60.0 Å². The summed E-state index contributed by atoms with van der Waals surface area (Å²) in [6, 6.07) is 18.0. The molecule has 6 rings (SSSR count). The number of hydrogen-bond acceptors (Lipinski definition) is 8. The first-order valence-corrected chi connectivity index (χ1v) is 14.4. The number of nitrogens with zero attached hydrogens (tertiary/aromatic N) is 3. The molecule has 0 unspecified atom stereocenters. The highest BCUT2D eigenvalue weighted by Gasteiger charge is 2.39. The number of halogens is 4. The fourth-order valence-corrected chi connectivity index (χ4v) is 5.71. The van der Waals surface area contributed by atoms with Gasteiger partial charge in [-0.15, -0.1) is 0 Å². The maximum Gasteiger partial charge on any atom is 0.418 e. The summed E-state index contributed by atoms with van der Waals surface area (Å²) in [6.45, 7) is 2.33. The van der Waals surface area contributed by atoms with E-state index in [1.54, 1.807) is 20.4 Å². The third kappa shape index (κ3) is 6.08. The van der Waals surface area contributed by atoms with E-state index in [0.717, 1.165) is 11.1 Å². The number of methoxy groups -OCH3 is 2. The average molecular weight is 636 g/mol. The van der Waals surface area contributed by atoms with E-state index in [1.807, 2.05) is 53.4 Å². The minimum Gasteiger partial charge on any atom is -0.497 e. The number of aromatic nitrogens is 1. The lowest BCUT2D eigenvalue weighted by molar-refractivity contribution is -0.137. The van der Waals surface area contributed by atoms with E-state index in [2.05, 4.69) is 15.6 Å². The number of pyridine rings is 1. The van der Waals surface area contributed by atoms with Gasteiger partial charge in [0.1, 0.15) is 41.8 Å². The predicted molar refractivity (Wildman–Crippen MR) is 168 cm³/mol. The van der Waals surface area contributed by atoms with E-state index >= 15 is 0 Å². The van der Waals surface area contributed by atoms with Gasteiger partial charge in [-0.1, -0.05) is 35.9 Å². The number of rotatable bonds is 8. The minimum absolute atomic E-state index is 0.00862. The zero-order chi connectivity index (χ0) is 31.7. The molecule has 0 saturated carbocycles. The number of anilines is 2. The molecule has 4 aromatic rings. The summed E-state index contributed by atoms with van der Waals surface area (Å²) < 4.78 is 60.6. The van der Waals surface area contributed by atoms with Crippen molar-refractivity contribution in [3.63, 3.8) is 0 Å². The molecular weight excluding hydrogens is 607 g/mol. The first-order valence-electron chi connectivity index (χ1n) is 14.0. The Morgan fingerprint density at radius 3 is 2.16 bits per heavy atom. The Balaban J connectivity index is 1.52. The van der Waals surface area contributed by atoms with Crippen LogP contribution < -0.4 is 29.7 Å². The Morgan fingerprint density at radius 2 is 1.58 bits per heavy atom. The highest BCUT2D eigenvalue weighted by atomic mass is 35.5. The molecule has 2 aliphatic rings. The molecule has 3 heterocycles. The largest absolute Gasteiger partial charge is 0.497 e. The number of hydrogen-bond donors (Lipinski definition) is 2. The molecule has 12 heteroatoms. The Bertz CT molecular complexity index is 1740. The van der Waals surface area contributed by atoms with Crippen molar-refractivity contribution in [2.75, 3.05) is 31.1 Å². The van der Waals surface area contributed by atoms with Crippen molar-refractivity contribution < 1.29 is 27.4 Å². The maximum atomic E-state index is 14.7. The van der Waals surface area contributed by atoms with Crippen LogP contribution in [-0.2, 0) is 19.3 Å². The molecule has 232 valence electrons. The molecule has 3 aromatic carbocycles. The Labute approximate surface area is 263 Å². The first-order chi connectivity index (χ1) is 21.7. The normalized spacial score (nSPS) is 13.4. The number of amidine groups is 1. The van der Waals surface area contributed by atoms with Gasteiger partial charge in [-0.2, -0.15) is 13.2 Å². The minimum atomic E-state index is -4.71. The first kappa shape index (κ1) is 30.1. The predicted octanol–water partition coefficient (Wildman–Crippen LogP) is 7.54. The molecule has 0 radical (unpaired) electrons. The summed E-state index contributed by atoms with van der Waals surface area (Å²) in [7, 11) is 3.17. The zero-order valence-corrected chi connectivity index (χ0v) is 25.4. The number of benzene rings is 3. The van der Waals surface area contributed by atoms with Crippen molar-refractivity contribution >= 4 is 28.9 Å². The van der Waals surface area contributed by atoms with Crippen LogP contribution in [-0.4, -0.2) is 31.7 Å².